The van der Waals surface area contributed by atoms with E-state index in [4.69, 9.17) is 16.3 Å². The van der Waals surface area contributed by atoms with Crippen LogP contribution in [-0.4, -0.2) is 39.8 Å². The second-order valence-corrected chi connectivity index (χ2v) is 8.33. The number of para-hydroxylation sites is 1. The maximum absolute atomic E-state index is 14.1. The van der Waals surface area contributed by atoms with Gasteiger partial charge < -0.3 is 27.5 Å². The Kier molecular flexibility index (Phi) is 7.54. The van der Waals surface area contributed by atoms with Crippen molar-refractivity contribution in [2.24, 2.45) is 7.05 Å². The first kappa shape index (κ1) is 25.5. The van der Waals surface area contributed by atoms with Gasteiger partial charge in [-0.15, -0.1) is 6.42 Å². The van der Waals surface area contributed by atoms with Crippen molar-refractivity contribution in [1.82, 2.24) is 4.57 Å². The molecule has 1 radical (unpaired) electrons. The molecule has 185 valence electrons. The summed E-state index contributed by atoms with van der Waals surface area (Å²) in [6, 6.07) is 17.5. The molecule has 1 aromatic heterocycles. The molecule has 0 saturated heterocycles. The Bertz CT molecular complexity index is 1510. The van der Waals surface area contributed by atoms with E-state index < -0.39 is 13.4 Å². The number of nitrogens with zero attached hydrogens (tertiary/aromatic N) is 2. The van der Waals surface area contributed by atoms with Gasteiger partial charge in [0, 0.05) is 37.4 Å². The van der Waals surface area contributed by atoms with Gasteiger partial charge in [0.15, 0.2) is 5.70 Å². The standard InChI is InChI=1S/C29H23BF2N2O3/c1-4-19-37-27-8-6-5-7-24(27)28(26-17-9-20(2)34(26)30(31)32)25-18-16-23(33(25)3)15-12-21-10-13-22(14-11-21)29(35)36/h1,5-18H,19H2,2-3H3/q-1/p+1/b15-12+,28-26-. The Morgan fingerprint density at radius 2 is 1.84 bits per heavy atom. The van der Waals surface area contributed by atoms with Crippen molar-refractivity contribution in [2.75, 3.05) is 6.61 Å². The van der Waals surface area contributed by atoms with Gasteiger partial charge >= 0.3 is 13.4 Å². The van der Waals surface area contributed by atoms with Gasteiger partial charge in [0.2, 0.25) is 0 Å². The molecule has 5 nitrogen and oxygen atoms in total. The first-order chi connectivity index (χ1) is 17.8. The molecule has 0 amide bonds. The van der Waals surface area contributed by atoms with Gasteiger partial charge in [-0.2, -0.15) is 0 Å². The van der Waals surface area contributed by atoms with Crippen LogP contribution in [0.1, 0.15) is 39.8 Å². The van der Waals surface area contributed by atoms with E-state index in [2.05, 4.69) is 5.92 Å². The van der Waals surface area contributed by atoms with Gasteiger partial charge in [-0.1, -0.05) is 42.3 Å². The normalized spacial score (nSPS) is 14.5. The van der Waals surface area contributed by atoms with E-state index in [1.807, 2.05) is 48.0 Å². The molecular weight excluding hydrogens is 473 g/mol. The zero-order valence-corrected chi connectivity index (χ0v) is 20.4. The lowest BCUT2D eigenvalue weighted by Gasteiger charge is -2.18. The van der Waals surface area contributed by atoms with Gasteiger partial charge in [0.05, 0.1) is 16.8 Å². The lowest BCUT2D eigenvalue weighted by molar-refractivity contribution is -0.341. The van der Waals surface area contributed by atoms with E-state index in [9.17, 15) is 13.4 Å². The van der Waals surface area contributed by atoms with Crippen LogP contribution in [-0.2, 0) is 7.05 Å². The highest BCUT2D eigenvalue weighted by atomic mass is 19.2. The maximum atomic E-state index is 14.1. The summed E-state index contributed by atoms with van der Waals surface area (Å²) in [6.45, 7) is 1.68. The van der Waals surface area contributed by atoms with E-state index in [0.29, 0.717) is 34.0 Å². The fourth-order valence-electron chi connectivity index (χ4n) is 4.20. The Balaban J connectivity index is 1.83. The summed E-state index contributed by atoms with van der Waals surface area (Å²) < 4.78 is 37.0. The lowest BCUT2D eigenvalue weighted by atomic mass is 9.97. The molecule has 8 heteroatoms. The summed E-state index contributed by atoms with van der Waals surface area (Å²) in [6.07, 6.45) is 12.5. The Morgan fingerprint density at radius 3 is 2.51 bits per heavy atom. The Morgan fingerprint density at radius 1 is 1.11 bits per heavy atom. The molecule has 0 bridgehead atoms. The number of terminal acetylenes is 1. The fraction of sp³-hybridized carbons (Fsp3) is 0.103. The fourth-order valence-corrected chi connectivity index (χ4v) is 4.20. The first-order valence-electron chi connectivity index (χ1n) is 11.5. The van der Waals surface area contributed by atoms with Crippen molar-refractivity contribution in [2.45, 2.75) is 6.92 Å². The number of hydrogen-bond donors (Lipinski definition) is 1. The number of aromatic carboxylic acids is 1. The van der Waals surface area contributed by atoms with Crippen LogP contribution >= 0.6 is 0 Å². The van der Waals surface area contributed by atoms with Crippen LogP contribution < -0.4 is 4.74 Å². The van der Waals surface area contributed by atoms with Gasteiger partial charge in [0.1, 0.15) is 18.1 Å². The zero-order valence-electron chi connectivity index (χ0n) is 20.4. The van der Waals surface area contributed by atoms with Crippen molar-refractivity contribution in [3.63, 3.8) is 0 Å². The predicted molar refractivity (Wildman–Crippen MR) is 143 cm³/mol. The lowest BCUT2D eigenvalue weighted by Crippen LogP contribution is -2.24. The van der Waals surface area contributed by atoms with Crippen molar-refractivity contribution in [3.8, 4) is 18.1 Å². The van der Waals surface area contributed by atoms with E-state index in [-0.39, 0.29) is 12.2 Å². The summed E-state index contributed by atoms with van der Waals surface area (Å²) in [5, 5.41) is 9.09. The number of rotatable bonds is 8. The van der Waals surface area contributed by atoms with Crippen molar-refractivity contribution in [1.29, 1.82) is 0 Å². The minimum Gasteiger partial charge on any atom is -0.480 e. The molecule has 1 aliphatic heterocycles. The molecule has 0 spiro atoms. The molecule has 0 aliphatic carbocycles. The van der Waals surface area contributed by atoms with E-state index in [0.717, 1.165) is 15.7 Å². The quantitative estimate of drug-likeness (QED) is 0.324. The zero-order chi connectivity index (χ0) is 26.5. The number of benzene rings is 2. The van der Waals surface area contributed by atoms with E-state index >= 15 is 0 Å². The van der Waals surface area contributed by atoms with Gasteiger partial charge in [-0.3, -0.25) is 0 Å². The number of carboxylic acids is 1. The third-order valence-corrected chi connectivity index (χ3v) is 6.06. The van der Waals surface area contributed by atoms with Crippen LogP contribution in [0.2, 0.25) is 0 Å². The number of hydrogen-bond acceptors (Lipinski definition) is 2. The summed E-state index contributed by atoms with van der Waals surface area (Å²) in [5.74, 6) is 1.96. The monoisotopic (exact) mass is 497 g/mol. The largest absolute Gasteiger partial charge is 0.609 e. The number of carboxylic acid groups (broad SMARTS) is 1. The summed E-state index contributed by atoms with van der Waals surface area (Å²) in [5.41, 5.74) is 4.57. The summed E-state index contributed by atoms with van der Waals surface area (Å²) >= 11 is 0. The third kappa shape index (κ3) is 5.31. The van der Waals surface area contributed by atoms with E-state index in [1.165, 1.54) is 12.1 Å². The van der Waals surface area contributed by atoms with Gasteiger partial charge in [-0.25, -0.2) is 4.79 Å². The molecule has 2 aromatic carbocycles. The average molecular weight is 497 g/mol. The number of ether oxygens (including phenoxy) is 1. The highest BCUT2D eigenvalue weighted by molar-refractivity contribution is 6.35. The third-order valence-electron chi connectivity index (χ3n) is 6.06. The Labute approximate surface area is 214 Å². The number of aromatic nitrogens is 1. The average Bonchev–Trinajstić information content (AvgIpc) is 3.45. The smallest absolute Gasteiger partial charge is 0.480 e. The van der Waals surface area contributed by atoms with Crippen molar-refractivity contribution in [3.05, 3.63) is 107 Å². The second-order valence-electron chi connectivity index (χ2n) is 8.33. The summed E-state index contributed by atoms with van der Waals surface area (Å²) in [7, 11) is -0.872. The Hall–Kier alpha value is -4.64. The minimum absolute atomic E-state index is 0.0426. The molecule has 4 rings (SSSR count). The second kappa shape index (κ2) is 11.0. The van der Waals surface area contributed by atoms with E-state index in [1.54, 1.807) is 43.3 Å². The number of carbonyl (C=O) groups is 1. The van der Waals surface area contributed by atoms with Crippen molar-refractivity contribution < 1.29 is 27.8 Å². The van der Waals surface area contributed by atoms with Crippen molar-refractivity contribution >= 4 is 36.8 Å². The highest BCUT2D eigenvalue weighted by Crippen LogP contribution is 2.36. The van der Waals surface area contributed by atoms with Crippen LogP contribution in [0.3, 0.4) is 0 Å². The first-order valence-corrected chi connectivity index (χ1v) is 11.5. The SMILES string of the molecule is C#CCOc1ccccc1/C(=C1\C=CC(C)=[N+]1[B-](F)F)c1ccc(/C=C/c2ccc(C(=O)O)cc2)n1C. The molecule has 0 unspecified atom stereocenters. The summed E-state index contributed by atoms with van der Waals surface area (Å²) in [4.78, 5) is 11.1. The number of allylic oxidation sites excluding steroid dienone is 2. The molecule has 1 aliphatic rings. The molecule has 3 aromatic rings. The topological polar surface area (TPSA) is 54.5 Å². The van der Waals surface area contributed by atoms with Crippen LogP contribution in [0, 0.1) is 12.3 Å². The van der Waals surface area contributed by atoms with Crippen LogP contribution in [0.5, 0.6) is 5.75 Å². The molecule has 37 heavy (non-hydrogen) atoms. The molecule has 0 saturated carbocycles. The van der Waals surface area contributed by atoms with Crippen LogP contribution in [0.25, 0.3) is 17.7 Å². The van der Waals surface area contributed by atoms with Crippen LogP contribution in [0.15, 0.2) is 78.5 Å². The molecule has 1 N–H and O–H groups in total. The maximum Gasteiger partial charge on any atom is 0.609 e. The molecule has 2 heterocycles. The highest BCUT2D eigenvalue weighted by Gasteiger charge is 2.30. The predicted octanol–water partition coefficient (Wildman–Crippen LogP) is 5.63. The molecule has 0 atom stereocenters. The van der Waals surface area contributed by atoms with Gasteiger partial charge in [0.25, 0.3) is 0 Å². The number of halogens is 2. The minimum atomic E-state index is -2.73. The van der Waals surface area contributed by atoms with Gasteiger partial charge in [-0.05, 0) is 42.0 Å². The van der Waals surface area contributed by atoms with Crippen LogP contribution in [0.4, 0.5) is 8.63 Å². The molecular formula is C29H24BF2N2O3. The molecule has 0 fully saturated rings.